The minimum atomic E-state index is -0.821. The van der Waals surface area contributed by atoms with Crippen molar-refractivity contribution in [3.05, 3.63) is 105 Å². The molecule has 0 unspecified atom stereocenters. The van der Waals surface area contributed by atoms with Crippen LogP contribution in [0.3, 0.4) is 0 Å². The molecule has 10 nitrogen and oxygen atoms in total. The lowest BCUT2D eigenvalue weighted by molar-refractivity contribution is -0.154. The Balaban J connectivity index is 1.22. The Bertz CT molecular complexity index is 1540. The molecule has 2 aliphatic heterocycles. The van der Waals surface area contributed by atoms with Crippen LogP contribution in [0.1, 0.15) is 47.8 Å². The van der Waals surface area contributed by atoms with Crippen LogP contribution < -0.4 is 10.6 Å². The number of nitrogens with one attached hydrogen (secondary N) is 2. The standard InChI is InChI=1S/C33H35N3O7S2/c1-33(2,3)43-32(41)34-17-24-15-14-23(45-24)16-25(38)35-26-29(39)36-27(22(18-37)19-44-30(26)36)31(40)42-28(20-10-6-4-7-11-20)21-12-8-5-9-13-21/h4-15,26,28,30,37H,16-19H2,1-3H3,(H,34,41)(H,35,38)/t26-,30-/m1/s1. The average molecular weight is 650 g/mol. The maximum atomic E-state index is 13.7. The van der Waals surface area contributed by atoms with Gasteiger partial charge in [0.25, 0.3) is 5.91 Å². The highest BCUT2D eigenvalue weighted by atomic mass is 32.2. The number of thioether (sulfide) groups is 1. The number of amides is 3. The molecular weight excluding hydrogens is 615 g/mol. The predicted octanol–water partition coefficient (Wildman–Crippen LogP) is 4.29. The molecule has 0 aliphatic carbocycles. The summed E-state index contributed by atoms with van der Waals surface area (Å²) in [7, 11) is 0. The molecular formula is C33H35N3O7S2. The molecule has 0 radical (unpaired) electrons. The number of nitrogens with zero attached hydrogens (tertiary/aromatic N) is 1. The molecule has 2 aliphatic rings. The number of β-lactam (4-membered cyclic amide) rings is 1. The molecule has 5 rings (SSSR count). The van der Waals surface area contributed by atoms with E-state index in [0.717, 1.165) is 20.9 Å². The van der Waals surface area contributed by atoms with Crippen LogP contribution in [-0.2, 0) is 36.8 Å². The fraction of sp³-hybridized carbons (Fsp3) is 0.333. The lowest BCUT2D eigenvalue weighted by Crippen LogP contribution is -2.70. The third-order valence-corrected chi connectivity index (χ3v) is 9.46. The first-order valence-electron chi connectivity index (χ1n) is 14.5. The minimum absolute atomic E-state index is 0.0222. The topological polar surface area (TPSA) is 134 Å². The molecule has 1 fully saturated rings. The number of aliphatic hydroxyl groups is 1. The van der Waals surface area contributed by atoms with Crippen molar-refractivity contribution in [2.75, 3.05) is 12.4 Å². The number of aliphatic hydroxyl groups excluding tert-OH is 1. The zero-order valence-electron chi connectivity index (χ0n) is 25.1. The van der Waals surface area contributed by atoms with Gasteiger partial charge in [-0.1, -0.05) is 60.7 Å². The van der Waals surface area contributed by atoms with E-state index in [0.29, 0.717) is 11.3 Å². The number of alkyl carbamates (subject to hydrolysis) is 1. The minimum Gasteiger partial charge on any atom is -0.448 e. The highest BCUT2D eigenvalue weighted by molar-refractivity contribution is 8.00. The van der Waals surface area contributed by atoms with Gasteiger partial charge in [-0.05, 0) is 49.6 Å². The Labute approximate surface area is 269 Å². The molecule has 45 heavy (non-hydrogen) atoms. The number of hydrogen-bond acceptors (Lipinski definition) is 9. The van der Waals surface area contributed by atoms with Gasteiger partial charge in [-0.3, -0.25) is 14.5 Å². The second-order valence-electron chi connectivity index (χ2n) is 11.6. The molecule has 12 heteroatoms. The Morgan fingerprint density at radius 2 is 1.60 bits per heavy atom. The van der Waals surface area contributed by atoms with Gasteiger partial charge in [-0.2, -0.15) is 0 Å². The van der Waals surface area contributed by atoms with Crippen molar-refractivity contribution in [1.29, 1.82) is 0 Å². The third kappa shape index (κ3) is 7.75. The molecule has 3 heterocycles. The van der Waals surface area contributed by atoms with Crippen molar-refractivity contribution >= 4 is 47.0 Å². The van der Waals surface area contributed by atoms with Crippen molar-refractivity contribution in [1.82, 2.24) is 15.5 Å². The lowest BCUT2D eigenvalue weighted by atomic mass is 10.0. The monoisotopic (exact) mass is 649 g/mol. The van der Waals surface area contributed by atoms with Crippen LogP contribution in [0.5, 0.6) is 0 Å². The molecule has 1 aromatic heterocycles. The van der Waals surface area contributed by atoms with Gasteiger partial charge >= 0.3 is 12.1 Å². The number of hydrogen-bond donors (Lipinski definition) is 3. The number of carbonyl (C=O) groups excluding carboxylic acids is 4. The smallest absolute Gasteiger partial charge is 0.407 e. The van der Waals surface area contributed by atoms with Crippen LogP contribution in [-0.4, -0.2) is 63.3 Å². The summed E-state index contributed by atoms with van der Waals surface area (Å²) in [6, 6.07) is 21.4. The van der Waals surface area contributed by atoms with Crippen molar-refractivity contribution in [2.24, 2.45) is 0 Å². The molecule has 0 spiro atoms. The van der Waals surface area contributed by atoms with E-state index in [1.54, 1.807) is 26.8 Å². The van der Waals surface area contributed by atoms with E-state index in [2.05, 4.69) is 10.6 Å². The van der Waals surface area contributed by atoms with Crippen LogP contribution in [0.2, 0.25) is 0 Å². The van der Waals surface area contributed by atoms with Crippen LogP contribution in [0, 0.1) is 0 Å². The number of ether oxygens (including phenoxy) is 2. The second kappa shape index (κ2) is 13.9. The number of esters is 1. The van der Waals surface area contributed by atoms with E-state index >= 15 is 0 Å². The Morgan fingerprint density at radius 1 is 0.978 bits per heavy atom. The van der Waals surface area contributed by atoms with Gasteiger partial charge in [-0.15, -0.1) is 23.1 Å². The van der Waals surface area contributed by atoms with Gasteiger partial charge < -0.3 is 25.2 Å². The van der Waals surface area contributed by atoms with Gasteiger partial charge in [-0.25, -0.2) is 9.59 Å². The van der Waals surface area contributed by atoms with Gasteiger partial charge in [0, 0.05) is 15.5 Å². The molecule has 0 saturated carbocycles. The van der Waals surface area contributed by atoms with Crippen LogP contribution in [0.25, 0.3) is 0 Å². The van der Waals surface area contributed by atoms with E-state index in [1.165, 1.54) is 28.0 Å². The summed E-state index contributed by atoms with van der Waals surface area (Å²) in [6.07, 6.45) is -1.19. The van der Waals surface area contributed by atoms with E-state index in [4.69, 9.17) is 9.47 Å². The summed E-state index contributed by atoms with van der Waals surface area (Å²) in [5, 5.41) is 15.1. The Hall–Kier alpha value is -4.13. The first-order valence-corrected chi connectivity index (χ1v) is 16.3. The Morgan fingerprint density at radius 3 is 2.20 bits per heavy atom. The highest BCUT2D eigenvalue weighted by Gasteiger charge is 2.54. The van der Waals surface area contributed by atoms with Crippen molar-refractivity contribution in [2.45, 2.75) is 56.9 Å². The normalized spacial score (nSPS) is 17.8. The summed E-state index contributed by atoms with van der Waals surface area (Å²) in [5.41, 5.74) is 1.35. The molecule has 3 N–H and O–H groups in total. The summed E-state index contributed by atoms with van der Waals surface area (Å²) in [4.78, 5) is 54.9. The predicted molar refractivity (Wildman–Crippen MR) is 171 cm³/mol. The molecule has 3 amide bonds. The van der Waals surface area contributed by atoms with E-state index in [1.807, 2.05) is 66.7 Å². The maximum absolute atomic E-state index is 13.7. The molecule has 2 aromatic carbocycles. The summed E-state index contributed by atoms with van der Waals surface area (Å²) in [5.74, 6) is -1.19. The largest absolute Gasteiger partial charge is 0.448 e. The molecule has 0 bridgehead atoms. The Kier molecular flexibility index (Phi) is 9.96. The molecule has 2 atom stereocenters. The van der Waals surface area contributed by atoms with Gasteiger partial charge in [0.15, 0.2) is 6.10 Å². The number of carbonyl (C=O) groups is 4. The molecule has 236 valence electrons. The average Bonchev–Trinajstić information content (AvgIpc) is 3.47. The fourth-order valence-electron chi connectivity index (χ4n) is 5.01. The van der Waals surface area contributed by atoms with E-state index in [9.17, 15) is 24.3 Å². The lowest BCUT2D eigenvalue weighted by Gasteiger charge is -2.49. The molecule has 3 aromatic rings. The quantitative estimate of drug-likeness (QED) is 0.219. The van der Waals surface area contributed by atoms with Crippen molar-refractivity contribution in [3.63, 3.8) is 0 Å². The number of benzene rings is 2. The molecule has 1 saturated heterocycles. The summed E-state index contributed by atoms with van der Waals surface area (Å²) >= 11 is 2.75. The van der Waals surface area contributed by atoms with Gasteiger partial charge in [0.2, 0.25) is 5.91 Å². The van der Waals surface area contributed by atoms with Crippen LogP contribution in [0.15, 0.2) is 84.1 Å². The third-order valence-electron chi connectivity index (χ3n) is 7.04. The zero-order valence-corrected chi connectivity index (χ0v) is 26.8. The summed E-state index contributed by atoms with van der Waals surface area (Å²) in [6.45, 7) is 5.22. The number of rotatable bonds is 10. The first-order chi connectivity index (χ1) is 21.5. The van der Waals surface area contributed by atoms with E-state index < -0.39 is 47.7 Å². The number of thiophene rings is 1. The van der Waals surface area contributed by atoms with Gasteiger partial charge in [0.1, 0.15) is 22.7 Å². The highest BCUT2D eigenvalue weighted by Crippen LogP contribution is 2.41. The van der Waals surface area contributed by atoms with Crippen LogP contribution >= 0.6 is 23.1 Å². The van der Waals surface area contributed by atoms with Crippen molar-refractivity contribution in [3.8, 4) is 0 Å². The second-order valence-corrected chi connectivity index (χ2v) is 13.9. The zero-order chi connectivity index (χ0) is 32.1. The number of fused-ring (bicyclic) bond motifs is 1. The van der Waals surface area contributed by atoms with Crippen LogP contribution in [0.4, 0.5) is 4.79 Å². The summed E-state index contributed by atoms with van der Waals surface area (Å²) < 4.78 is 11.3. The maximum Gasteiger partial charge on any atom is 0.407 e. The fourth-order valence-corrected chi connectivity index (χ4v) is 7.30. The van der Waals surface area contributed by atoms with Crippen molar-refractivity contribution < 1.29 is 33.8 Å². The van der Waals surface area contributed by atoms with E-state index in [-0.39, 0.29) is 24.6 Å². The van der Waals surface area contributed by atoms with Gasteiger partial charge in [0.05, 0.1) is 19.6 Å². The first kappa shape index (κ1) is 32.3. The SMILES string of the molecule is CC(C)(C)OC(=O)NCc1ccc(CC(=O)N[C@@H]2C(=O)N3C(C(=O)OC(c4ccccc4)c4ccccc4)=C(CO)CS[C@H]23)s1.